The van der Waals surface area contributed by atoms with E-state index in [1.54, 1.807) is 32.0 Å². The van der Waals surface area contributed by atoms with Gasteiger partial charge in [-0.05, 0) is 36.4 Å². The van der Waals surface area contributed by atoms with Gasteiger partial charge in [-0.3, -0.25) is 4.79 Å². The number of anilines is 1. The minimum absolute atomic E-state index is 0.0612. The topological polar surface area (TPSA) is 75.7 Å². The van der Waals surface area contributed by atoms with Gasteiger partial charge in [-0.1, -0.05) is 47.4 Å². The molecule has 0 unspecified atom stereocenters. The van der Waals surface area contributed by atoms with Crippen LogP contribution in [-0.4, -0.2) is 38.3 Å². The monoisotopic (exact) mass is 474 g/mol. The molecular weight excluding hydrogens is 456 g/mol. The van der Waals surface area contributed by atoms with Gasteiger partial charge in [-0.15, -0.1) is 0 Å². The molecule has 27 heavy (non-hydrogen) atoms. The summed E-state index contributed by atoms with van der Waals surface area (Å²) in [5.41, 5.74) is 0.602. The van der Waals surface area contributed by atoms with Crippen LogP contribution in [0.25, 0.3) is 0 Å². The van der Waals surface area contributed by atoms with Gasteiger partial charge < -0.3 is 10.1 Å². The molecule has 2 aromatic carbocycles. The van der Waals surface area contributed by atoms with Crippen molar-refractivity contribution < 1.29 is 17.9 Å². The molecule has 0 aromatic heterocycles. The van der Waals surface area contributed by atoms with E-state index in [0.29, 0.717) is 18.8 Å². The van der Waals surface area contributed by atoms with Crippen LogP contribution in [0, 0.1) is 0 Å². The zero-order valence-electron chi connectivity index (χ0n) is 14.9. The van der Waals surface area contributed by atoms with Gasteiger partial charge in [0.2, 0.25) is 10.0 Å². The SMILES string of the molecule is CCN(CC)S(=O)(=O)c1cc(Cl)ccc1OCC(=O)Nc1cccc(Br)c1. The average Bonchev–Trinajstić information content (AvgIpc) is 2.61. The highest BCUT2D eigenvalue weighted by atomic mass is 79.9. The molecule has 0 radical (unpaired) electrons. The summed E-state index contributed by atoms with van der Waals surface area (Å²) >= 11 is 9.30. The van der Waals surface area contributed by atoms with Gasteiger partial charge in [0, 0.05) is 28.3 Å². The van der Waals surface area contributed by atoms with Crippen LogP contribution < -0.4 is 10.1 Å². The van der Waals surface area contributed by atoms with E-state index in [9.17, 15) is 13.2 Å². The quantitative estimate of drug-likeness (QED) is 0.622. The van der Waals surface area contributed by atoms with Crippen molar-refractivity contribution in [3.8, 4) is 5.75 Å². The van der Waals surface area contributed by atoms with Crippen molar-refractivity contribution in [3.05, 3.63) is 52.0 Å². The average molecular weight is 476 g/mol. The highest BCUT2D eigenvalue weighted by Crippen LogP contribution is 2.30. The maximum atomic E-state index is 12.8. The maximum Gasteiger partial charge on any atom is 0.262 e. The Labute approximate surface area is 172 Å². The molecule has 6 nitrogen and oxygen atoms in total. The molecule has 0 saturated heterocycles. The first-order valence-electron chi connectivity index (χ1n) is 8.25. The summed E-state index contributed by atoms with van der Waals surface area (Å²) in [6.07, 6.45) is 0. The fraction of sp³-hybridized carbons (Fsp3) is 0.278. The van der Waals surface area contributed by atoms with Crippen molar-refractivity contribution >= 4 is 49.1 Å². The Morgan fingerprint density at radius 2 is 1.89 bits per heavy atom. The van der Waals surface area contributed by atoms with Gasteiger partial charge in [0.15, 0.2) is 6.61 Å². The summed E-state index contributed by atoms with van der Waals surface area (Å²) in [5.74, 6) is -0.329. The van der Waals surface area contributed by atoms with E-state index in [0.717, 1.165) is 4.47 Å². The number of rotatable bonds is 8. The first kappa shape index (κ1) is 21.7. The van der Waals surface area contributed by atoms with Crippen molar-refractivity contribution in [2.45, 2.75) is 18.7 Å². The molecule has 1 amide bonds. The van der Waals surface area contributed by atoms with E-state index in [4.69, 9.17) is 16.3 Å². The molecule has 0 spiro atoms. The van der Waals surface area contributed by atoms with Crippen LogP contribution in [0.3, 0.4) is 0 Å². The molecule has 0 saturated carbocycles. The third kappa shape index (κ3) is 5.68. The Hall–Kier alpha value is -1.61. The van der Waals surface area contributed by atoms with E-state index < -0.39 is 15.9 Å². The number of sulfonamides is 1. The van der Waals surface area contributed by atoms with Crippen molar-refractivity contribution in [3.63, 3.8) is 0 Å². The Balaban J connectivity index is 2.18. The van der Waals surface area contributed by atoms with Gasteiger partial charge >= 0.3 is 0 Å². The number of carbonyl (C=O) groups is 1. The van der Waals surface area contributed by atoms with Crippen LogP contribution in [0.2, 0.25) is 5.02 Å². The number of hydrogen-bond acceptors (Lipinski definition) is 4. The lowest BCUT2D eigenvalue weighted by Gasteiger charge is -2.20. The zero-order chi connectivity index (χ0) is 20.0. The van der Waals surface area contributed by atoms with Crippen molar-refractivity contribution in [1.82, 2.24) is 4.31 Å². The van der Waals surface area contributed by atoms with Gasteiger partial charge in [-0.2, -0.15) is 4.31 Å². The number of nitrogens with one attached hydrogen (secondary N) is 1. The third-order valence-electron chi connectivity index (χ3n) is 3.70. The van der Waals surface area contributed by atoms with Crippen molar-refractivity contribution in [2.75, 3.05) is 25.0 Å². The van der Waals surface area contributed by atoms with Crippen LogP contribution in [0.15, 0.2) is 51.8 Å². The van der Waals surface area contributed by atoms with Crippen LogP contribution in [0.4, 0.5) is 5.69 Å². The van der Waals surface area contributed by atoms with Gasteiger partial charge in [0.25, 0.3) is 5.91 Å². The zero-order valence-corrected chi connectivity index (χ0v) is 18.1. The lowest BCUT2D eigenvalue weighted by molar-refractivity contribution is -0.118. The lowest BCUT2D eigenvalue weighted by Crippen LogP contribution is -2.31. The molecule has 0 aliphatic heterocycles. The van der Waals surface area contributed by atoms with E-state index in [2.05, 4.69) is 21.2 Å². The lowest BCUT2D eigenvalue weighted by atomic mass is 10.3. The summed E-state index contributed by atoms with van der Waals surface area (Å²) in [7, 11) is -3.78. The molecule has 0 atom stereocenters. The first-order chi connectivity index (χ1) is 12.8. The number of halogens is 2. The molecule has 9 heteroatoms. The van der Waals surface area contributed by atoms with Crippen LogP contribution in [0.1, 0.15) is 13.8 Å². The summed E-state index contributed by atoms with van der Waals surface area (Å²) in [5, 5.41) is 2.96. The second kappa shape index (κ2) is 9.54. The van der Waals surface area contributed by atoms with Crippen LogP contribution in [0.5, 0.6) is 5.75 Å². The second-order valence-corrected chi connectivity index (χ2v) is 8.79. The molecule has 0 bridgehead atoms. The van der Waals surface area contributed by atoms with Crippen LogP contribution >= 0.6 is 27.5 Å². The highest BCUT2D eigenvalue weighted by Gasteiger charge is 2.26. The van der Waals surface area contributed by atoms with Crippen molar-refractivity contribution in [1.29, 1.82) is 0 Å². The highest BCUT2D eigenvalue weighted by molar-refractivity contribution is 9.10. The van der Waals surface area contributed by atoms with Gasteiger partial charge in [0.1, 0.15) is 10.6 Å². The van der Waals surface area contributed by atoms with Crippen LogP contribution in [-0.2, 0) is 14.8 Å². The van der Waals surface area contributed by atoms with E-state index in [-0.39, 0.29) is 22.3 Å². The molecule has 0 fully saturated rings. The molecule has 2 aromatic rings. The Bertz CT molecular complexity index is 917. The number of nitrogens with zero attached hydrogens (tertiary/aromatic N) is 1. The van der Waals surface area contributed by atoms with E-state index in [1.807, 2.05) is 6.07 Å². The summed E-state index contributed by atoms with van der Waals surface area (Å²) in [4.78, 5) is 12.1. The summed E-state index contributed by atoms with van der Waals surface area (Å²) in [6.45, 7) is 3.78. The number of carbonyl (C=O) groups excluding carboxylic acids is 1. The molecule has 0 heterocycles. The normalized spacial score (nSPS) is 11.4. The predicted molar refractivity (Wildman–Crippen MR) is 110 cm³/mol. The fourth-order valence-electron chi connectivity index (χ4n) is 2.41. The standard InChI is InChI=1S/C18H20BrClN2O4S/c1-3-22(4-2)27(24,25)17-11-14(20)8-9-16(17)26-12-18(23)21-15-7-5-6-13(19)10-15/h5-11H,3-4,12H2,1-2H3,(H,21,23). The number of ether oxygens (including phenoxy) is 1. The molecule has 146 valence electrons. The largest absolute Gasteiger partial charge is 0.482 e. The third-order valence-corrected chi connectivity index (χ3v) is 6.50. The smallest absolute Gasteiger partial charge is 0.262 e. The van der Waals surface area contributed by atoms with Gasteiger partial charge in [-0.25, -0.2) is 8.42 Å². The maximum absolute atomic E-state index is 12.8. The predicted octanol–water partition coefficient (Wildman–Crippen LogP) is 4.15. The Kier molecular flexibility index (Phi) is 7.67. The molecular formula is C18H20BrClN2O4S. The minimum Gasteiger partial charge on any atom is -0.482 e. The Morgan fingerprint density at radius 1 is 1.19 bits per heavy atom. The number of benzene rings is 2. The molecule has 2 rings (SSSR count). The molecule has 0 aliphatic rings. The molecule has 1 N–H and O–H groups in total. The first-order valence-corrected chi connectivity index (χ1v) is 10.9. The number of amides is 1. The number of hydrogen-bond donors (Lipinski definition) is 1. The van der Waals surface area contributed by atoms with E-state index in [1.165, 1.54) is 22.5 Å². The van der Waals surface area contributed by atoms with E-state index >= 15 is 0 Å². The summed E-state index contributed by atoms with van der Waals surface area (Å²) in [6, 6.07) is 11.4. The minimum atomic E-state index is -3.78. The Morgan fingerprint density at radius 3 is 2.52 bits per heavy atom. The van der Waals surface area contributed by atoms with Crippen molar-refractivity contribution in [2.24, 2.45) is 0 Å². The van der Waals surface area contributed by atoms with Gasteiger partial charge in [0.05, 0.1) is 0 Å². The summed E-state index contributed by atoms with van der Waals surface area (Å²) < 4.78 is 33.3. The second-order valence-electron chi connectivity index (χ2n) is 5.53. The molecule has 0 aliphatic carbocycles. The fourth-order valence-corrected chi connectivity index (χ4v) is 4.66.